The van der Waals surface area contributed by atoms with Crippen LogP contribution in [-0.2, 0) is 15.3 Å². The molecule has 14 heavy (non-hydrogen) atoms. The lowest BCUT2D eigenvalue weighted by Gasteiger charge is -2.38. The molecule has 1 aromatic rings. The number of hydrogen-bond donors (Lipinski definition) is 1. The third-order valence-corrected chi connectivity index (χ3v) is 2.80. The van der Waals surface area contributed by atoms with Crippen molar-refractivity contribution in [3.63, 3.8) is 0 Å². The topological polar surface area (TPSA) is 51.6 Å². The molecule has 1 aliphatic rings. The van der Waals surface area contributed by atoms with Crippen LogP contribution in [-0.4, -0.2) is 22.5 Å². The van der Waals surface area contributed by atoms with Crippen molar-refractivity contribution in [3.05, 3.63) is 16.6 Å². The Balaban J connectivity index is 2.22. The molecule has 2 rings (SSSR count). The summed E-state index contributed by atoms with van der Waals surface area (Å²) in [5.41, 5.74) is 2.44. The molecule has 1 aliphatic heterocycles. The summed E-state index contributed by atoms with van der Waals surface area (Å²) >= 11 is 1.48. The summed E-state index contributed by atoms with van der Waals surface area (Å²) < 4.78 is 11.0. The fourth-order valence-electron chi connectivity index (χ4n) is 1.61. The normalized spacial score (nSPS) is 38.5. The average Bonchev–Trinajstić information content (AvgIpc) is 2.52. The number of ether oxygens (including phenoxy) is 2. The van der Waals surface area contributed by atoms with Crippen molar-refractivity contribution in [1.29, 1.82) is 0 Å². The van der Waals surface area contributed by atoms with E-state index < -0.39 is 12.1 Å². The van der Waals surface area contributed by atoms with E-state index in [0.29, 0.717) is 12.1 Å². The van der Waals surface area contributed by atoms with Crippen LogP contribution in [0.15, 0.2) is 10.9 Å². The summed E-state index contributed by atoms with van der Waals surface area (Å²) in [6.45, 7) is 3.69. The minimum Gasteiger partial charge on any atom is -0.368 e. The van der Waals surface area contributed by atoms with Gasteiger partial charge in [-0.2, -0.15) is 0 Å². The van der Waals surface area contributed by atoms with Gasteiger partial charge in [0.2, 0.25) is 5.79 Å². The van der Waals surface area contributed by atoms with Gasteiger partial charge in [-0.1, -0.05) is 0 Å². The largest absolute Gasteiger partial charge is 0.368 e. The number of rotatable bonds is 1. The average molecular weight is 215 g/mol. The van der Waals surface area contributed by atoms with E-state index in [9.17, 15) is 5.11 Å². The zero-order valence-corrected chi connectivity index (χ0v) is 8.95. The molecule has 3 unspecified atom stereocenters. The number of thiazole rings is 1. The lowest BCUT2D eigenvalue weighted by atomic mass is 10.1. The maximum atomic E-state index is 9.49. The molecule has 1 aromatic heterocycles. The van der Waals surface area contributed by atoms with Crippen LogP contribution in [0.1, 0.15) is 26.0 Å². The van der Waals surface area contributed by atoms with Crippen LogP contribution in [0.5, 0.6) is 0 Å². The molecule has 0 aliphatic carbocycles. The molecule has 0 bridgehead atoms. The van der Waals surface area contributed by atoms with Gasteiger partial charge in [0.15, 0.2) is 6.29 Å². The molecule has 1 fully saturated rings. The first-order valence-corrected chi connectivity index (χ1v) is 5.47. The van der Waals surface area contributed by atoms with Crippen molar-refractivity contribution >= 4 is 11.3 Å². The van der Waals surface area contributed by atoms with E-state index in [1.807, 2.05) is 12.3 Å². The highest BCUT2D eigenvalue weighted by Gasteiger charge is 2.39. The fourth-order valence-corrected chi connectivity index (χ4v) is 2.25. The van der Waals surface area contributed by atoms with E-state index in [-0.39, 0.29) is 6.10 Å². The van der Waals surface area contributed by atoms with Crippen LogP contribution in [0.25, 0.3) is 0 Å². The molecule has 5 heteroatoms. The second-order valence-corrected chi connectivity index (χ2v) is 4.27. The minimum absolute atomic E-state index is 0.0227. The van der Waals surface area contributed by atoms with Crippen LogP contribution in [0.4, 0.5) is 0 Å². The smallest absolute Gasteiger partial charge is 0.212 e. The van der Waals surface area contributed by atoms with Crippen molar-refractivity contribution in [1.82, 2.24) is 4.98 Å². The molecule has 0 saturated carbocycles. The van der Waals surface area contributed by atoms with Gasteiger partial charge in [-0.05, 0) is 13.8 Å². The monoisotopic (exact) mass is 215 g/mol. The van der Waals surface area contributed by atoms with Gasteiger partial charge < -0.3 is 14.6 Å². The summed E-state index contributed by atoms with van der Waals surface area (Å²) in [6, 6.07) is 0. The highest BCUT2D eigenvalue weighted by atomic mass is 32.1. The highest BCUT2D eigenvalue weighted by Crippen LogP contribution is 2.34. The van der Waals surface area contributed by atoms with Gasteiger partial charge >= 0.3 is 0 Å². The Hall–Kier alpha value is -0.490. The van der Waals surface area contributed by atoms with Crippen molar-refractivity contribution < 1.29 is 14.6 Å². The Morgan fingerprint density at radius 2 is 2.43 bits per heavy atom. The molecule has 4 nitrogen and oxygen atoms in total. The number of aliphatic hydroxyl groups excluding tert-OH is 1. The molecular formula is C9H13NO3S. The van der Waals surface area contributed by atoms with Crippen LogP contribution in [0.3, 0.4) is 0 Å². The molecule has 0 aromatic carbocycles. The predicted octanol–water partition coefficient (Wildman–Crippen LogP) is 1.46. The number of hydrogen-bond acceptors (Lipinski definition) is 5. The number of aliphatic hydroxyl groups is 1. The lowest BCUT2D eigenvalue weighted by Crippen LogP contribution is -2.43. The van der Waals surface area contributed by atoms with Crippen LogP contribution >= 0.6 is 11.3 Å². The number of nitrogens with zero attached hydrogens (tertiary/aromatic N) is 1. The van der Waals surface area contributed by atoms with Crippen molar-refractivity contribution in [2.45, 2.75) is 38.4 Å². The van der Waals surface area contributed by atoms with Gasteiger partial charge in [0.05, 0.1) is 11.6 Å². The maximum absolute atomic E-state index is 9.49. The van der Waals surface area contributed by atoms with E-state index in [1.165, 1.54) is 11.3 Å². The number of aromatic nitrogens is 1. The van der Waals surface area contributed by atoms with Gasteiger partial charge in [0.1, 0.15) is 5.69 Å². The van der Waals surface area contributed by atoms with Gasteiger partial charge in [-0.3, -0.25) is 0 Å². The molecule has 78 valence electrons. The molecular weight excluding hydrogens is 202 g/mol. The summed E-state index contributed by atoms with van der Waals surface area (Å²) in [5, 5.41) is 11.4. The first-order valence-electron chi connectivity index (χ1n) is 4.52. The molecule has 1 saturated heterocycles. The molecule has 0 amide bonds. The van der Waals surface area contributed by atoms with Crippen molar-refractivity contribution in [3.8, 4) is 0 Å². The Kier molecular flexibility index (Phi) is 2.57. The summed E-state index contributed by atoms with van der Waals surface area (Å²) in [4.78, 5) is 4.14. The van der Waals surface area contributed by atoms with Gasteiger partial charge in [-0.25, -0.2) is 4.98 Å². The lowest BCUT2D eigenvalue weighted by molar-refractivity contribution is -0.356. The first-order chi connectivity index (χ1) is 6.60. The van der Waals surface area contributed by atoms with Crippen molar-refractivity contribution in [2.24, 2.45) is 0 Å². The van der Waals surface area contributed by atoms with E-state index in [1.54, 1.807) is 12.4 Å². The first kappa shape index (κ1) is 10.0. The maximum Gasteiger partial charge on any atom is 0.212 e. The van der Waals surface area contributed by atoms with Crippen LogP contribution in [0.2, 0.25) is 0 Å². The van der Waals surface area contributed by atoms with Crippen molar-refractivity contribution in [2.75, 3.05) is 0 Å². The summed E-state index contributed by atoms with van der Waals surface area (Å²) in [6.07, 6.45) is -0.296. The minimum atomic E-state index is -0.906. The Labute approximate surface area is 86.5 Å². The molecule has 0 spiro atoms. The summed E-state index contributed by atoms with van der Waals surface area (Å²) in [7, 11) is 0. The van der Waals surface area contributed by atoms with Gasteiger partial charge in [0, 0.05) is 11.8 Å². The van der Waals surface area contributed by atoms with Crippen LogP contribution < -0.4 is 0 Å². The SMILES string of the molecule is CC1CC(O)OC(C)(c2cscn2)O1. The molecule has 0 radical (unpaired) electrons. The Bertz CT molecular complexity index is 291. The van der Waals surface area contributed by atoms with E-state index >= 15 is 0 Å². The quantitative estimate of drug-likeness (QED) is 0.770. The zero-order valence-electron chi connectivity index (χ0n) is 8.14. The van der Waals surface area contributed by atoms with Gasteiger partial charge in [-0.15, -0.1) is 11.3 Å². The molecule has 3 atom stereocenters. The molecule has 1 N–H and O–H groups in total. The fraction of sp³-hybridized carbons (Fsp3) is 0.667. The standard InChI is InChI=1S/C9H13NO3S/c1-6-3-8(11)13-9(2,12-6)7-4-14-5-10-7/h4-6,8,11H,3H2,1-2H3. The zero-order chi connectivity index (χ0) is 10.2. The van der Waals surface area contributed by atoms with E-state index in [4.69, 9.17) is 9.47 Å². The highest BCUT2D eigenvalue weighted by molar-refractivity contribution is 7.07. The third kappa shape index (κ3) is 1.81. The Morgan fingerprint density at radius 1 is 1.64 bits per heavy atom. The molecule has 2 heterocycles. The van der Waals surface area contributed by atoms with Gasteiger partial charge in [0.25, 0.3) is 0 Å². The summed E-state index contributed by atoms with van der Waals surface area (Å²) in [5.74, 6) is -0.906. The van der Waals surface area contributed by atoms with E-state index in [2.05, 4.69) is 4.98 Å². The Morgan fingerprint density at radius 3 is 3.00 bits per heavy atom. The van der Waals surface area contributed by atoms with E-state index in [0.717, 1.165) is 0 Å². The third-order valence-electron chi connectivity index (χ3n) is 2.22. The predicted molar refractivity (Wildman–Crippen MR) is 51.7 cm³/mol. The van der Waals surface area contributed by atoms with Crippen LogP contribution in [0, 0.1) is 0 Å². The second kappa shape index (κ2) is 3.58. The second-order valence-electron chi connectivity index (χ2n) is 3.56.